The second-order valence-electron chi connectivity index (χ2n) is 9.10. The normalized spacial score (nSPS) is 16.7. The number of nitrogens with zero attached hydrogens (tertiary/aromatic N) is 6. The molecule has 1 atom stereocenters. The van der Waals surface area contributed by atoms with E-state index in [9.17, 15) is 4.79 Å². The summed E-state index contributed by atoms with van der Waals surface area (Å²) in [6.07, 6.45) is 7.92. The van der Waals surface area contributed by atoms with Gasteiger partial charge in [0.05, 0.1) is 22.8 Å². The number of hydrogen-bond acceptors (Lipinski definition) is 6. The van der Waals surface area contributed by atoms with Crippen molar-refractivity contribution in [2.45, 2.75) is 33.2 Å². The number of pyridine rings is 1. The summed E-state index contributed by atoms with van der Waals surface area (Å²) in [7, 11) is 0. The van der Waals surface area contributed by atoms with Crippen LogP contribution in [-0.4, -0.2) is 43.0 Å². The second-order valence-corrected chi connectivity index (χ2v) is 9.51. The summed E-state index contributed by atoms with van der Waals surface area (Å²) in [5.41, 5.74) is 8.67. The van der Waals surface area contributed by atoms with Gasteiger partial charge in [0.2, 0.25) is 0 Å². The van der Waals surface area contributed by atoms with E-state index in [1.807, 2.05) is 17.4 Å². The van der Waals surface area contributed by atoms with Crippen LogP contribution in [0, 0.1) is 5.41 Å². The van der Waals surface area contributed by atoms with Crippen LogP contribution in [0.4, 0.5) is 11.6 Å². The maximum absolute atomic E-state index is 13.2. The van der Waals surface area contributed by atoms with Gasteiger partial charge in [0, 0.05) is 31.0 Å². The van der Waals surface area contributed by atoms with Gasteiger partial charge >= 0.3 is 0 Å². The van der Waals surface area contributed by atoms with Crippen molar-refractivity contribution in [1.82, 2.24) is 29.3 Å². The summed E-state index contributed by atoms with van der Waals surface area (Å²) in [4.78, 5) is 24.1. The van der Waals surface area contributed by atoms with Crippen molar-refractivity contribution < 1.29 is 4.79 Å². The van der Waals surface area contributed by atoms with Crippen molar-refractivity contribution in [2.75, 3.05) is 23.7 Å². The Bertz CT molecular complexity index is 1340. The van der Waals surface area contributed by atoms with Gasteiger partial charge in [0.25, 0.3) is 5.91 Å². The summed E-state index contributed by atoms with van der Waals surface area (Å²) < 4.78 is 3.51. The largest absolute Gasteiger partial charge is 0.381 e. The van der Waals surface area contributed by atoms with E-state index in [4.69, 9.17) is 17.3 Å². The van der Waals surface area contributed by atoms with E-state index in [0.29, 0.717) is 10.7 Å². The SMILES string of the molecule is CC(NC(=O)c1c(N)nn2cccnc12)c1cc(Cl)c2cncn2c1N1CCC(C)(C)C1. The molecule has 9 nitrogen and oxygen atoms in total. The van der Waals surface area contributed by atoms with E-state index in [1.54, 1.807) is 31.0 Å². The van der Waals surface area contributed by atoms with Crippen LogP contribution in [0.25, 0.3) is 11.2 Å². The quantitative estimate of drug-likeness (QED) is 0.492. The average Bonchev–Trinajstić information content (AvgIpc) is 3.43. The number of carbonyl (C=O) groups is 1. The van der Waals surface area contributed by atoms with Crippen LogP contribution in [-0.2, 0) is 0 Å². The highest BCUT2D eigenvalue weighted by Crippen LogP contribution is 2.38. The van der Waals surface area contributed by atoms with E-state index in [-0.39, 0.29) is 28.7 Å². The molecule has 32 heavy (non-hydrogen) atoms. The summed E-state index contributed by atoms with van der Waals surface area (Å²) in [6, 6.07) is 3.31. The molecule has 1 amide bonds. The lowest BCUT2D eigenvalue weighted by Crippen LogP contribution is -2.31. The Labute approximate surface area is 190 Å². The number of nitrogens with one attached hydrogen (secondary N) is 1. The van der Waals surface area contributed by atoms with Crippen LogP contribution in [0.1, 0.15) is 49.2 Å². The first-order valence-corrected chi connectivity index (χ1v) is 10.9. The van der Waals surface area contributed by atoms with Crippen molar-refractivity contribution in [1.29, 1.82) is 0 Å². The summed E-state index contributed by atoms with van der Waals surface area (Å²) in [5.74, 6) is 0.794. The molecule has 0 radical (unpaired) electrons. The zero-order valence-electron chi connectivity index (χ0n) is 18.2. The predicted molar refractivity (Wildman–Crippen MR) is 124 cm³/mol. The Kier molecular flexibility index (Phi) is 4.74. The van der Waals surface area contributed by atoms with Crippen molar-refractivity contribution in [3.63, 3.8) is 0 Å². The molecule has 5 heterocycles. The van der Waals surface area contributed by atoms with Gasteiger partial charge in [-0.2, -0.15) is 0 Å². The molecule has 0 aliphatic carbocycles. The third kappa shape index (κ3) is 3.33. The van der Waals surface area contributed by atoms with Gasteiger partial charge in [-0.15, -0.1) is 5.10 Å². The Balaban J connectivity index is 1.54. The predicted octanol–water partition coefficient (Wildman–Crippen LogP) is 3.34. The highest BCUT2D eigenvalue weighted by molar-refractivity contribution is 6.34. The minimum atomic E-state index is -0.344. The number of fused-ring (bicyclic) bond motifs is 2. The molecule has 1 fully saturated rings. The van der Waals surface area contributed by atoms with Gasteiger partial charge in [-0.25, -0.2) is 14.5 Å². The molecule has 1 aliphatic rings. The number of halogens is 1. The fourth-order valence-corrected chi connectivity index (χ4v) is 4.73. The van der Waals surface area contributed by atoms with E-state index >= 15 is 0 Å². The third-order valence-corrected chi connectivity index (χ3v) is 6.40. The number of amides is 1. The first-order valence-electron chi connectivity index (χ1n) is 10.5. The molecular weight excluding hydrogens is 428 g/mol. The Morgan fingerprint density at radius 3 is 2.94 bits per heavy atom. The maximum atomic E-state index is 13.2. The average molecular weight is 453 g/mol. The van der Waals surface area contributed by atoms with Crippen molar-refractivity contribution >= 4 is 40.3 Å². The van der Waals surface area contributed by atoms with E-state index in [1.165, 1.54) is 4.52 Å². The molecule has 10 heteroatoms. The zero-order valence-corrected chi connectivity index (χ0v) is 19.0. The zero-order chi connectivity index (χ0) is 22.6. The van der Waals surface area contributed by atoms with Gasteiger partial charge in [-0.3, -0.25) is 9.20 Å². The first kappa shape index (κ1) is 20.6. The van der Waals surface area contributed by atoms with Gasteiger partial charge < -0.3 is 16.0 Å². The van der Waals surface area contributed by atoms with E-state index < -0.39 is 0 Å². The minimum Gasteiger partial charge on any atom is -0.381 e. The molecule has 0 spiro atoms. The highest BCUT2D eigenvalue weighted by Gasteiger charge is 2.33. The fourth-order valence-electron chi connectivity index (χ4n) is 4.47. The molecule has 0 saturated carbocycles. The second kappa shape index (κ2) is 7.37. The fraction of sp³-hybridized carbons (Fsp3) is 0.364. The maximum Gasteiger partial charge on any atom is 0.259 e. The lowest BCUT2D eigenvalue weighted by Gasteiger charge is -2.28. The molecule has 0 bridgehead atoms. The number of nitrogen functional groups attached to an aromatic ring is 1. The van der Waals surface area contributed by atoms with Crippen LogP contribution in [0.5, 0.6) is 0 Å². The molecule has 1 unspecified atom stereocenters. The first-order chi connectivity index (χ1) is 15.2. The topological polar surface area (TPSA) is 106 Å². The number of rotatable bonds is 4. The molecule has 0 aromatic carbocycles. The van der Waals surface area contributed by atoms with Crippen LogP contribution in [0.2, 0.25) is 5.02 Å². The van der Waals surface area contributed by atoms with Gasteiger partial charge in [-0.1, -0.05) is 25.4 Å². The van der Waals surface area contributed by atoms with E-state index in [0.717, 1.165) is 36.4 Å². The Morgan fingerprint density at radius 2 is 2.19 bits per heavy atom. The van der Waals surface area contributed by atoms with Gasteiger partial charge in [-0.05, 0) is 30.9 Å². The number of hydrogen-bond donors (Lipinski definition) is 2. The number of carbonyl (C=O) groups excluding carboxylic acids is 1. The molecule has 1 aliphatic heterocycles. The minimum absolute atomic E-state index is 0.137. The Morgan fingerprint density at radius 1 is 1.38 bits per heavy atom. The number of imidazole rings is 1. The Hall–Kier alpha value is -3.33. The molecule has 5 rings (SSSR count). The lowest BCUT2D eigenvalue weighted by atomic mass is 9.93. The highest BCUT2D eigenvalue weighted by atomic mass is 35.5. The standard InChI is InChI=1S/C22H25ClN8O/c1-13(27-20(32)17-18(24)28-31-7-4-6-26-19(17)31)14-9-15(23)16-10-25-12-30(16)21(14)29-8-5-22(2,3)11-29/h4,6-7,9-10,12-13H,5,8,11H2,1-3H3,(H2,24,28)(H,27,32). The molecule has 3 N–H and O–H groups in total. The number of anilines is 2. The molecule has 4 aromatic heterocycles. The number of nitrogens with two attached hydrogens (primary N) is 1. The molecular formula is C22H25ClN8O. The van der Waals surface area contributed by atoms with Crippen LogP contribution >= 0.6 is 11.6 Å². The van der Waals surface area contributed by atoms with Crippen molar-refractivity contribution in [2.24, 2.45) is 5.41 Å². The number of aromatic nitrogens is 5. The van der Waals surface area contributed by atoms with E-state index in [2.05, 4.69) is 39.1 Å². The summed E-state index contributed by atoms with van der Waals surface area (Å²) in [5, 5.41) is 7.84. The monoisotopic (exact) mass is 452 g/mol. The lowest BCUT2D eigenvalue weighted by molar-refractivity contribution is 0.0942. The smallest absolute Gasteiger partial charge is 0.259 e. The van der Waals surface area contributed by atoms with Gasteiger partial charge in [0.1, 0.15) is 17.7 Å². The van der Waals surface area contributed by atoms with Crippen molar-refractivity contribution in [3.05, 3.63) is 53.2 Å². The summed E-state index contributed by atoms with van der Waals surface area (Å²) in [6.45, 7) is 8.28. The van der Waals surface area contributed by atoms with Crippen LogP contribution in [0.3, 0.4) is 0 Å². The van der Waals surface area contributed by atoms with Crippen LogP contribution < -0.4 is 16.0 Å². The molecule has 1 saturated heterocycles. The molecule has 166 valence electrons. The third-order valence-electron chi connectivity index (χ3n) is 6.09. The summed E-state index contributed by atoms with van der Waals surface area (Å²) >= 11 is 6.59. The van der Waals surface area contributed by atoms with Crippen molar-refractivity contribution in [3.8, 4) is 0 Å². The van der Waals surface area contributed by atoms with Crippen LogP contribution in [0.15, 0.2) is 37.1 Å². The van der Waals surface area contributed by atoms with Gasteiger partial charge in [0.15, 0.2) is 11.5 Å². The molecule has 4 aromatic rings.